The molecule has 2 fully saturated rings. The van der Waals surface area contributed by atoms with Crippen molar-refractivity contribution in [1.82, 2.24) is 4.90 Å². The Balaban J connectivity index is 1.43. The number of fused-ring (bicyclic) bond motifs is 2. The number of ether oxygens (including phenoxy) is 1. The van der Waals surface area contributed by atoms with Gasteiger partial charge in [-0.3, -0.25) is 0 Å². The van der Waals surface area contributed by atoms with Gasteiger partial charge in [0, 0.05) is 28.0 Å². The first-order chi connectivity index (χ1) is 15.6. The maximum absolute atomic E-state index is 6.77. The van der Waals surface area contributed by atoms with Crippen molar-refractivity contribution >= 4 is 23.2 Å². The molecule has 2 bridgehead atoms. The first-order valence-corrected chi connectivity index (χ1v) is 12.2. The Bertz CT molecular complexity index is 1020. The molecule has 2 saturated heterocycles. The lowest BCUT2D eigenvalue weighted by molar-refractivity contribution is -0.00335. The van der Waals surface area contributed by atoms with Crippen molar-refractivity contribution in [2.75, 3.05) is 13.7 Å². The first kappa shape index (κ1) is 22.0. The maximum Gasteiger partial charge on any atom is 0.108 e. The van der Waals surface area contributed by atoms with Crippen LogP contribution in [0.5, 0.6) is 0 Å². The van der Waals surface area contributed by atoms with Crippen LogP contribution in [0.3, 0.4) is 0 Å². The number of benzene rings is 3. The van der Waals surface area contributed by atoms with Crippen molar-refractivity contribution in [1.29, 1.82) is 0 Å². The Labute approximate surface area is 201 Å². The van der Waals surface area contributed by atoms with Gasteiger partial charge in [-0.15, -0.1) is 0 Å². The van der Waals surface area contributed by atoms with Gasteiger partial charge in [0.15, 0.2) is 0 Å². The highest BCUT2D eigenvalue weighted by molar-refractivity contribution is 6.30. The summed E-state index contributed by atoms with van der Waals surface area (Å²) in [5.74, 6) is 0.932. The zero-order valence-corrected chi connectivity index (χ0v) is 19.8. The largest absolute Gasteiger partial charge is 0.368 e. The highest BCUT2D eigenvalue weighted by Gasteiger charge is 2.46. The molecule has 3 aromatic rings. The van der Waals surface area contributed by atoms with E-state index in [1.54, 1.807) is 0 Å². The van der Waals surface area contributed by atoms with Gasteiger partial charge in [-0.25, -0.2) is 0 Å². The SMILES string of the molecule is CN1[C@H]2CC[C@@H]1[C@@H](COC(c1ccccc1)c1ccc(Cl)cc1)[C@@H](c1ccc(Cl)cc1)C2. The second-order valence-corrected chi connectivity index (χ2v) is 10.1. The minimum atomic E-state index is -0.108. The lowest BCUT2D eigenvalue weighted by atomic mass is 9.76. The van der Waals surface area contributed by atoms with Gasteiger partial charge in [0.2, 0.25) is 0 Å². The van der Waals surface area contributed by atoms with E-state index >= 15 is 0 Å². The van der Waals surface area contributed by atoms with Crippen LogP contribution < -0.4 is 0 Å². The number of hydrogen-bond donors (Lipinski definition) is 0. The zero-order chi connectivity index (χ0) is 22.1. The Morgan fingerprint density at radius 2 is 1.47 bits per heavy atom. The smallest absolute Gasteiger partial charge is 0.108 e. The van der Waals surface area contributed by atoms with Crippen LogP contribution in [-0.4, -0.2) is 30.6 Å². The van der Waals surface area contributed by atoms with Crippen molar-refractivity contribution < 1.29 is 4.74 Å². The molecule has 0 spiro atoms. The molecule has 5 atom stereocenters. The molecule has 0 saturated carbocycles. The monoisotopic (exact) mass is 465 g/mol. The van der Waals surface area contributed by atoms with E-state index in [4.69, 9.17) is 27.9 Å². The summed E-state index contributed by atoms with van der Waals surface area (Å²) in [5, 5.41) is 1.54. The van der Waals surface area contributed by atoms with Crippen LogP contribution in [-0.2, 0) is 4.74 Å². The van der Waals surface area contributed by atoms with Gasteiger partial charge in [-0.2, -0.15) is 0 Å². The minimum Gasteiger partial charge on any atom is -0.368 e. The number of piperidine rings is 1. The van der Waals surface area contributed by atoms with E-state index in [-0.39, 0.29) is 6.10 Å². The van der Waals surface area contributed by atoms with Crippen LogP contribution in [0.4, 0.5) is 0 Å². The molecule has 0 amide bonds. The normalized spacial score (nSPS) is 26.2. The molecule has 0 aliphatic carbocycles. The topological polar surface area (TPSA) is 12.5 Å². The molecule has 2 aliphatic rings. The number of halogens is 2. The summed E-state index contributed by atoms with van der Waals surface area (Å²) in [6.45, 7) is 0.719. The molecule has 2 nitrogen and oxygen atoms in total. The predicted molar refractivity (Wildman–Crippen MR) is 133 cm³/mol. The number of rotatable bonds is 6. The molecular formula is C28H29Cl2NO. The first-order valence-electron chi connectivity index (χ1n) is 11.5. The van der Waals surface area contributed by atoms with E-state index in [1.165, 1.54) is 30.4 Å². The van der Waals surface area contributed by atoms with Crippen molar-refractivity contribution in [2.45, 2.75) is 43.4 Å². The van der Waals surface area contributed by atoms with Crippen molar-refractivity contribution in [3.8, 4) is 0 Å². The van der Waals surface area contributed by atoms with Gasteiger partial charge in [0.25, 0.3) is 0 Å². The van der Waals surface area contributed by atoms with Crippen LogP contribution in [0.15, 0.2) is 78.9 Å². The fourth-order valence-electron chi connectivity index (χ4n) is 5.76. The third-order valence-electron chi connectivity index (χ3n) is 7.46. The van der Waals surface area contributed by atoms with Crippen molar-refractivity contribution in [3.63, 3.8) is 0 Å². The van der Waals surface area contributed by atoms with Crippen molar-refractivity contribution in [2.24, 2.45) is 5.92 Å². The molecule has 2 heterocycles. The van der Waals surface area contributed by atoms with E-state index in [1.807, 2.05) is 30.3 Å². The van der Waals surface area contributed by atoms with Crippen molar-refractivity contribution in [3.05, 3.63) is 106 Å². The number of nitrogens with zero attached hydrogens (tertiary/aromatic N) is 1. The molecule has 5 rings (SSSR count). The average molecular weight is 466 g/mol. The fourth-order valence-corrected chi connectivity index (χ4v) is 6.01. The fraction of sp³-hybridized carbons (Fsp3) is 0.357. The van der Waals surface area contributed by atoms with Gasteiger partial charge in [0.1, 0.15) is 6.10 Å². The van der Waals surface area contributed by atoms with Gasteiger partial charge in [-0.1, -0.05) is 77.8 Å². The van der Waals surface area contributed by atoms with E-state index in [2.05, 4.69) is 60.5 Å². The molecule has 2 aliphatic heterocycles. The summed E-state index contributed by atoms with van der Waals surface area (Å²) in [4.78, 5) is 2.60. The van der Waals surface area contributed by atoms with Gasteiger partial charge in [0.05, 0.1) is 6.61 Å². The Morgan fingerprint density at radius 1 is 0.844 bits per heavy atom. The zero-order valence-electron chi connectivity index (χ0n) is 18.3. The van der Waals surface area contributed by atoms with E-state index in [0.29, 0.717) is 23.9 Å². The Morgan fingerprint density at radius 3 is 2.16 bits per heavy atom. The molecule has 32 heavy (non-hydrogen) atoms. The molecule has 1 unspecified atom stereocenters. The standard InChI is InChI=1S/C28H29Cl2NO/c1-31-24-15-16-27(31)26(25(17-24)19-7-11-22(29)12-8-19)18-32-28(20-5-3-2-4-6-20)21-9-13-23(30)14-10-21/h2-14,24-28H,15-18H2,1H3/t24-,25+,26-,27+,28?/m0/s1. The highest BCUT2D eigenvalue weighted by atomic mass is 35.5. The van der Waals surface area contributed by atoms with Gasteiger partial charge < -0.3 is 9.64 Å². The summed E-state index contributed by atoms with van der Waals surface area (Å²) in [5.41, 5.74) is 3.69. The molecule has 4 heteroatoms. The lowest BCUT2D eigenvalue weighted by Crippen LogP contribution is -2.47. The summed E-state index contributed by atoms with van der Waals surface area (Å²) in [7, 11) is 2.29. The lowest BCUT2D eigenvalue weighted by Gasteiger charge is -2.43. The molecule has 3 aromatic carbocycles. The number of hydrogen-bond acceptors (Lipinski definition) is 2. The summed E-state index contributed by atoms with van der Waals surface area (Å²) >= 11 is 12.3. The van der Waals surface area contributed by atoms with Crippen LogP contribution in [0, 0.1) is 5.92 Å². The second kappa shape index (κ2) is 9.57. The third-order valence-corrected chi connectivity index (χ3v) is 7.96. The molecule has 166 valence electrons. The molecule has 0 aromatic heterocycles. The Hall–Kier alpha value is -1.84. The van der Waals surface area contributed by atoms with Gasteiger partial charge >= 0.3 is 0 Å². The van der Waals surface area contributed by atoms with Gasteiger partial charge in [-0.05, 0) is 73.2 Å². The summed E-state index contributed by atoms with van der Waals surface area (Å²) in [6.07, 6.45) is 3.60. The minimum absolute atomic E-state index is 0.108. The van der Waals surface area contributed by atoms with E-state index in [9.17, 15) is 0 Å². The third kappa shape index (κ3) is 4.47. The average Bonchev–Trinajstić information content (AvgIpc) is 3.06. The van der Waals surface area contributed by atoms with Crippen LogP contribution >= 0.6 is 23.2 Å². The quantitative estimate of drug-likeness (QED) is 0.376. The maximum atomic E-state index is 6.77. The van der Waals surface area contributed by atoms with Crippen LogP contribution in [0.2, 0.25) is 10.0 Å². The summed E-state index contributed by atoms with van der Waals surface area (Å²) < 4.78 is 6.77. The van der Waals surface area contributed by atoms with E-state index < -0.39 is 0 Å². The summed E-state index contributed by atoms with van der Waals surface area (Å²) in [6, 6.07) is 28.2. The highest BCUT2D eigenvalue weighted by Crippen LogP contribution is 2.47. The Kier molecular flexibility index (Phi) is 6.57. The molecule has 0 radical (unpaired) electrons. The van der Waals surface area contributed by atoms with Crippen LogP contribution in [0.25, 0.3) is 0 Å². The molecular weight excluding hydrogens is 437 g/mol. The second-order valence-electron chi connectivity index (χ2n) is 9.20. The van der Waals surface area contributed by atoms with E-state index in [0.717, 1.165) is 22.2 Å². The van der Waals surface area contributed by atoms with Crippen LogP contribution in [0.1, 0.15) is 48.0 Å². The predicted octanol–water partition coefficient (Wildman–Crippen LogP) is 7.37. The molecule has 0 N–H and O–H groups in total.